The summed E-state index contributed by atoms with van der Waals surface area (Å²) in [5.74, 6) is -1.94. The van der Waals surface area contributed by atoms with Crippen molar-refractivity contribution in [3.8, 4) is 0 Å². The standard InChI is InChI=1S/C12H16O4/c1-7-5-4-6-8(7)9-10(13)15-12(2,3)16-11(9)14/h7H,4-6H2,1-3H3. The van der Waals surface area contributed by atoms with E-state index in [9.17, 15) is 9.59 Å². The maximum atomic E-state index is 11.8. The van der Waals surface area contributed by atoms with Gasteiger partial charge in [-0.15, -0.1) is 0 Å². The van der Waals surface area contributed by atoms with E-state index in [1.165, 1.54) is 0 Å². The van der Waals surface area contributed by atoms with Gasteiger partial charge < -0.3 is 9.47 Å². The fourth-order valence-corrected chi connectivity index (χ4v) is 2.31. The molecule has 0 aromatic rings. The third kappa shape index (κ3) is 1.84. The number of ether oxygens (including phenoxy) is 2. The molecule has 1 aliphatic carbocycles. The second-order valence-corrected chi connectivity index (χ2v) is 4.87. The van der Waals surface area contributed by atoms with E-state index < -0.39 is 17.7 Å². The number of carbonyl (C=O) groups excluding carboxylic acids is 2. The van der Waals surface area contributed by atoms with E-state index in [1.54, 1.807) is 13.8 Å². The summed E-state index contributed by atoms with van der Waals surface area (Å²) in [5, 5.41) is 0. The Kier molecular flexibility index (Phi) is 2.52. The quantitative estimate of drug-likeness (QED) is 0.358. The first-order chi connectivity index (χ1) is 7.41. The molecule has 0 bridgehead atoms. The van der Waals surface area contributed by atoms with Gasteiger partial charge in [-0.1, -0.05) is 6.92 Å². The van der Waals surface area contributed by atoms with E-state index in [0.29, 0.717) is 0 Å². The van der Waals surface area contributed by atoms with Crippen LogP contribution in [-0.4, -0.2) is 17.7 Å². The number of cyclic esters (lactones) is 2. The highest BCUT2D eigenvalue weighted by atomic mass is 16.7. The van der Waals surface area contributed by atoms with Crippen molar-refractivity contribution in [2.45, 2.75) is 45.8 Å². The number of carbonyl (C=O) groups is 2. The van der Waals surface area contributed by atoms with E-state index in [1.807, 2.05) is 6.92 Å². The molecule has 0 radical (unpaired) electrons. The Morgan fingerprint density at radius 3 is 2.19 bits per heavy atom. The molecule has 2 aliphatic rings. The predicted octanol–water partition coefficient (Wildman–Crippen LogP) is 1.94. The number of esters is 2. The van der Waals surface area contributed by atoms with Crippen molar-refractivity contribution in [2.24, 2.45) is 5.92 Å². The van der Waals surface area contributed by atoms with Crippen LogP contribution in [0.3, 0.4) is 0 Å². The molecule has 2 fully saturated rings. The summed E-state index contributed by atoms with van der Waals surface area (Å²) in [6.45, 7) is 5.14. The summed E-state index contributed by atoms with van der Waals surface area (Å²) in [5.41, 5.74) is 1.02. The Hall–Kier alpha value is -1.32. The highest BCUT2D eigenvalue weighted by Gasteiger charge is 2.41. The third-order valence-corrected chi connectivity index (χ3v) is 3.08. The zero-order valence-corrected chi connectivity index (χ0v) is 9.83. The Balaban J connectivity index is 2.36. The van der Waals surface area contributed by atoms with Crippen LogP contribution in [0.2, 0.25) is 0 Å². The van der Waals surface area contributed by atoms with Crippen LogP contribution in [0.4, 0.5) is 0 Å². The molecule has 1 atom stereocenters. The van der Waals surface area contributed by atoms with Gasteiger partial charge in [0.25, 0.3) is 5.79 Å². The Labute approximate surface area is 94.6 Å². The number of hydrogen-bond donors (Lipinski definition) is 0. The molecule has 16 heavy (non-hydrogen) atoms. The monoisotopic (exact) mass is 224 g/mol. The van der Waals surface area contributed by atoms with Gasteiger partial charge in [0.05, 0.1) is 0 Å². The van der Waals surface area contributed by atoms with E-state index in [2.05, 4.69) is 0 Å². The highest BCUT2D eigenvalue weighted by molar-refractivity contribution is 6.16. The summed E-state index contributed by atoms with van der Waals surface area (Å²) >= 11 is 0. The zero-order chi connectivity index (χ0) is 11.9. The molecule has 0 amide bonds. The molecule has 1 saturated carbocycles. The van der Waals surface area contributed by atoms with Gasteiger partial charge in [0.2, 0.25) is 0 Å². The molecule has 1 aliphatic heterocycles. The lowest BCUT2D eigenvalue weighted by Crippen LogP contribution is -2.42. The maximum absolute atomic E-state index is 11.8. The predicted molar refractivity (Wildman–Crippen MR) is 56.3 cm³/mol. The van der Waals surface area contributed by atoms with Crippen LogP contribution in [-0.2, 0) is 19.1 Å². The van der Waals surface area contributed by atoms with Crippen molar-refractivity contribution in [1.29, 1.82) is 0 Å². The Morgan fingerprint density at radius 2 is 1.75 bits per heavy atom. The van der Waals surface area contributed by atoms with E-state index in [-0.39, 0.29) is 11.5 Å². The van der Waals surface area contributed by atoms with Crippen LogP contribution in [0.1, 0.15) is 40.0 Å². The Bertz CT molecular complexity index is 356. The van der Waals surface area contributed by atoms with Crippen molar-refractivity contribution in [1.82, 2.24) is 0 Å². The van der Waals surface area contributed by atoms with Crippen molar-refractivity contribution in [3.05, 3.63) is 11.1 Å². The second kappa shape index (κ2) is 3.61. The summed E-state index contributed by atoms with van der Waals surface area (Å²) in [6, 6.07) is 0. The molecule has 1 heterocycles. The molecule has 0 spiro atoms. The van der Waals surface area contributed by atoms with Gasteiger partial charge in [0, 0.05) is 13.8 Å². The van der Waals surface area contributed by atoms with Gasteiger partial charge >= 0.3 is 11.9 Å². The normalized spacial score (nSPS) is 29.1. The van der Waals surface area contributed by atoms with Crippen LogP contribution in [0.25, 0.3) is 0 Å². The highest BCUT2D eigenvalue weighted by Crippen LogP contribution is 2.36. The molecular weight excluding hydrogens is 208 g/mol. The van der Waals surface area contributed by atoms with E-state index >= 15 is 0 Å². The minimum atomic E-state index is -1.14. The first-order valence-corrected chi connectivity index (χ1v) is 5.60. The summed E-state index contributed by atoms with van der Waals surface area (Å²) < 4.78 is 10.2. The fourth-order valence-electron chi connectivity index (χ4n) is 2.31. The second-order valence-electron chi connectivity index (χ2n) is 4.87. The van der Waals surface area contributed by atoms with E-state index in [0.717, 1.165) is 24.8 Å². The Morgan fingerprint density at radius 1 is 1.19 bits per heavy atom. The lowest BCUT2D eigenvalue weighted by Gasteiger charge is -2.31. The molecule has 4 nitrogen and oxygen atoms in total. The summed E-state index contributed by atoms with van der Waals surface area (Å²) in [7, 11) is 0. The van der Waals surface area contributed by atoms with Gasteiger partial charge in [0.1, 0.15) is 5.57 Å². The van der Waals surface area contributed by atoms with Crippen LogP contribution in [0.15, 0.2) is 11.1 Å². The molecule has 1 saturated heterocycles. The van der Waals surface area contributed by atoms with Crippen molar-refractivity contribution in [3.63, 3.8) is 0 Å². The van der Waals surface area contributed by atoms with Crippen molar-refractivity contribution in [2.75, 3.05) is 0 Å². The molecule has 0 N–H and O–H groups in total. The van der Waals surface area contributed by atoms with Gasteiger partial charge in [-0.3, -0.25) is 0 Å². The number of hydrogen-bond acceptors (Lipinski definition) is 4. The fraction of sp³-hybridized carbons (Fsp3) is 0.667. The average Bonchev–Trinajstić information content (AvgIpc) is 2.48. The van der Waals surface area contributed by atoms with Crippen molar-refractivity contribution >= 4 is 11.9 Å². The lowest BCUT2D eigenvalue weighted by atomic mass is 9.98. The lowest BCUT2D eigenvalue weighted by molar-refractivity contribution is -0.222. The van der Waals surface area contributed by atoms with Crippen molar-refractivity contribution < 1.29 is 19.1 Å². The number of allylic oxidation sites excluding steroid dienone is 1. The van der Waals surface area contributed by atoms with Crippen LogP contribution in [0.5, 0.6) is 0 Å². The third-order valence-electron chi connectivity index (χ3n) is 3.08. The molecule has 4 heteroatoms. The molecule has 0 aromatic carbocycles. The number of rotatable bonds is 0. The van der Waals surface area contributed by atoms with Crippen LogP contribution in [0, 0.1) is 5.92 Å². The zero-order valence-electron chi connectivity index (χ0n) is 9.83. The van der Waals surface area contributed by atoms with Gasteiger partial charge in [-0.05, 0) is 30.8 Å². The maximum Gasteiger partial charge on any atom is 0.348 e. The minimum absolute atomic E-state index is 0.129. The van der Waals surface area contributed by atoms with Gasteiger partial charge in [-0.2, -0.15) is 0 Å². The topological polar surface area (TPSA) is 52.6 Å². The molecule has 0 aromatic heterocycles. The molecule has 2 rings (SSSR count). The molecular formula is C12H16O4. The molecule has 88 valence electrons. The average molecular weight is 224 g/mol. The smallest absolute Gasteiger partial charge is 0.348 e. The summed E-state index contributed by atoms with van der Waals surface area (Å²) in [4.78, 5) is 23.5. The van der Waals surface area contributed by atoms with Crippen LogP contribution < -0.4 is 0 Å². The van der Waals surface area contributed by atoms with Gasteiger partial charge in [0.15, 0.2) is 0 Å². The van der Waals surface area contributed by atoms with Crippen LogP contribution >= 0.6 is 0 Å². The molecule has 1 unspecified atom stereocenters. The van der Waals surface area contributed by atoms with Gasteiger partial charge in [-0.25, -0.2) is 9.59 Å². The first kappa shape index (κ1) is 11.2. The first-order valence-electron chi connectivity index (χ1n) is 5.60. The SMILES string of the molecule is CC1CCCC1=C1C(=O)OC(C)(C)OC1=O. The van der Waals surface area contributed by atoms with E-state index in [4.69, 9.17) is 9.47 Å². The summed E-state index contributed by atoms with van der Waals surface area (Å²) in [6.07, 6.45) is 2.83. The minimum Gasteiger partial charge on any atom is -0.419 e. The largest absolute Gasteiger partial charge is 0.419 e.